The fraction of sp³-hybridized carbons (Fsp3) is 0.667. The Balaban J connectivity index is 2.12. The zero-order chi connectivity index (χ0) is 14.2. The zero-order valence-electron chi connectivity index (χ0n) is 13.2. The Morgan fingerprint density at radius 3 is 2.80 bits per heavy atom. The number of rotatable bonds is 7. The number of nitrogens with zero attached hydrogens (tertiary/aromatic N) is 1. The average Bonchev–Trinajstić information content (AvgIpc) is 2.66. The average molecular weight is 274 g/mol. The predicted molar refractivity (Wildman–Crippen MR) is 88.4 cm³/mol. The van der Waals surface area contributed by atoms with Crippen LogP contribution in [0.3, 0.4) is 0 Å². The van der Waals surface area contributed by atoms with Gasteiger partial charge < -0.3 is 10.2 Å². The van der Waals surface area contributed by atoms with Gasteiger partial charge in [-0.05, 0) is 43.9 Å². The standard InChI is InChI=1S/C18H30N2/c1-3-5-8-14-20-15-9-11-17(19-13-4-2)16-10-6-7-12-18(16)20/h6-7,10,12,17,19H,3-5,8-9,11,13-15H2,1-2H3. The predicted octanol–water partition coefficient (Wildman–Crippen LogP) is 4.52. The maximum absolute atomic E-state index is 3.73. The van der Waals surface area contributed by atoms with Crippen LogP contribution in [0, 0.1) is 0 Å². The Labute approximate surface area is 124 Å². The summed E-state index contributed by atoms with van der Waals surface area (Å²) in [6.07, 6.45) is 7.73. The van der Waals surface area contributed by atoms with E-state index < -0.39 is 0 Å². The summed E-state index contributed by atoms with van der Waals surface area (Å²) in [5.74, 6) is 0. The SMILES string of the molecule is CCCCCN1CCCC(NCCC)c2ccccc21. The molecule has 1 N–H and O–H groups in total. The van der Waals surface area contributed by atoms with Gasteiger partial charge >= 0.3 is 0 Å². The van der Waals surface area contributed by atoms with E-state index in [1.54, 1.807) is 0 Å². The Morgan fingerprint density at radius 1 is 1.15 bits per heavy atom. The van der Waals surface area contributed by atoms with Crippen LogP contribution < -0.4 is 10.2 Å². The van der Waals surface area contributed by atoms with E-state index in [4.69, 9.17) is 0 Å². The second kappa shape index (κ2) is 8.31. The molecular formula is C18H30N2. The molecule has 1 aliphatic rings. The molecule has 2 rings (SSSR count). The number of hydrogen-bond acceptors (Lipinski definition) is 2. The van der Waals surface area contributed by atoms with E-state index in [0.29, 0.717) is 6.04 Å². The van der Waals surface area contributed by atoms with Crippen molar-refractivity contribution >= 4 is 5.69 Å². The summed E-state index contributed by atoms with van der Waals surface area (Å²) >= 11 is 0. The molecule has 1 unspecified atom stereocenters. The highest BCUT2D eigenvalue weighted by atomic mass is 15.1. The number of nitrogens with one attached hydrogen (secondary N) is 1. The smallest absolute Gasteiger partial charge is 0.0414 e. The van der Waals surface area contributed by atoms with Crippen LogP contribution in [-0.2, 0) is 0 Å². The third-order valence-corrected chi connectivity index (χ3v) is 4.25. The summed E-state index contributed by atoms with van der Waals surface area (Å²) in [4.78, 5) is 2.61. The first-order chi connectivity index (χ1) is 9.86. The number of hydrogen-bond donors (Lipinski definition) is 1. The van der Waals surface area contributed by atoms with Gasteiger partial charge in [-0.1, -0.05) is 44.9 Å². The summed E-state index contributed by atoms with van der Waals surface area (Å²) in [6.45, 7) is 8.07. The van der Waals surface area contributed by atoms with Gasteiger partial charge in [-0.25, -0.2) is 0 Å². The zero-order valence-corrected chi connectivity index (χ0v) is 13.2. The molecule has 1 aliphatic heterocycles. The highest BCUT2D eigenvalue weighted by Gasteiger charge is 2.21. The second-order valence-corrected chi connectivity index (χ2v) is 5.90. The molecule has 1 atom stereocenters. The topological polar surface area (TPSA) is 15.3 Å². The third kappa shape index (κ3) is 3.99. The molecule has 1 heterocycles. The molecule has 1 aromatic rings. The van der Waals surface area contributed by atoms with Gasteiger partial charge in [0.15, 0.2) is 0 Å². The molecule has 0 fully saturated rings. The minimum absolute atomic E-state index is 0.544. The number of benzene rings is 1. The van der Waals surface area contributed by atoms with Gasteiger partial charge in [0.25, 0.3) is 0 Å². The van der Waals surface area contributed by atoms with Crippen molar-refractivity contribution in [3.8, 4) is 0 Å². The lowest BCUT2D eigenvalue weighted by atomic mass is 10.0. The van der Waals surface area contributed by atoms with E-state index in [-0.39, 0.29) is 0 Å². The van der Waals surface area contributed by atoms with E-state index in [2.05, 4.69) is 48.3 Å². The monoisotopic (exact) mass is 274 g/mol. The normalized spacial score (nSPS) is 18.7. The third-order valence-electron chi connectivity index (χ3n) is 4.25. The highest BCUT2D eigenvalue weighted by Crippen LogP contribution is 2.32. The Bertz CT molecular complexity index is 389. The van der Waals surface area contributed by atoms with Crippen LogP contribution in [0.1, 0.15) is 64.0 Å². The fourth-order valence-electron chi connectivity index (χ4n) is 3.15. The van der Waals surface area contributed by atoms with Gasteiger partial charge in [0.05, 0.1) is 0 Å². The van der Waals surface area contributed by atoms with Gasteiger partial charge in [0, 0.05) is 24.8 Å². The van der Waals surface area contributed by atoms with Gasteiger partial charge in [0.2, 0.25) is 0 Å². The van der Waals surface area contributed by atoms with Crippen LogP contribution in [0.25, 0.3) is 0 Å². The van der Waals surface area contributed by atoms with Gasteiger partial charge in [-0.3, -0.25) is 0 Å². The Morgan fingerprint density at radius 2 is 2.00 bits per heavy atom. The van der Waals surface area contributed by atoms with Crippen molar-refractivity contribution in [1.29, 1.82) is 0 Å². The highest BCUT2D eigenvalue weighted by molar-refractivity contribution is 5.55. The van der Waals surface area contributed by atoms with Crippen LogP contribution in [0.5, 0.6) is 0 Å². The summed E-state index contributed by atoms with van der Waals surface area (Å²) in [6, 6.07) is 9.55. The lowest BCUT2D eigenvalue weighted by Crippen LogP contribution is -2.25. The van der Waals surface area contributed by atoms with Gasteiger partial charge in [-0.15, -0.1) is 0 Å². The molecule has 1 aromatic carbocycles. The van der Waals surface area contributed by atoms with Crippen LogP contribution in [-0.4, -0.2) is 19.6 Å². The number of fused-ring (bicyclic) bond motifs is 1. The van der Waals surface area contributed by atoms with Crippen molar-refractivity contribution in [2.24, 2.45) is 0 Å². The van der Waals surface area contributed by atoms with Crippen molar-refractivity contribution in [2.75, 3.05) is 24.5 Å². The maximum atomic E-state index is 3.73. The number of para-hydroxylation sites is 1. The van der Waals surface area contributed by atoms with Crippen molar-refractivity contribution in [2.45, 2.75) is 58.4 Å². The van der Waals surface area contributed by atoms with E-state index >= 15 is 0 Å². The first-order valence-electron chi connectivity index (χ1n) is 8.44. The molecule has 0 saturated carbocycles. The van der Waals surface area contributed by atoms with Crippen molar-refractivity contribution in [3.63, 3.8) is 0 Å². The molecule has 0 aromatic heterocycles. The molecule has 2 nitrogen and oxygen atoms in total. The molecule has 20 heavy (non-hydrogen) atoms. The first kappa shape index (κ1) is 15.4. The van der Waals surface area contributed by atoms with E-state index in [1.807, 2.05) is 0 Å². The lowest BCUT2D eigenvalue weighted by Gasteiger charge is -2.26. The van der Waals surface area contributed by atoms with E-state index in [1.165, 1.54) is 62.9 Å². The van der Waals surface area contributed by atoms with Crippen LogP contribution >= 0.6 is 0 Å². The van der Waals surface area contributed by atoms with Crippen LogP contribution in [0.2, 0.25) is 0 Å². The molecule has 0 bridgehead atoms. The molecular weight excluding hydrogens is 244 g/mol. The van der Waals surface area contributed by atoms with E-state index in [0.717, 1.165) is 6.54 Å². The molecule has 0 spiro atoms. The maximum Gasteiger partial charge on any atom is 0.0414 e. The van der Waals surface area contributed by atoms with Gasteiger partial charge in [-0.2, -0.15) is 0 Å². The van der Waals surface area contributed by atoms with Crippen molar-refractivity contribution in [3.05, 3.63) is 29.8 Å². The summed E-state index contributed by atoms with van der Waals surface area (Å²) in [7, 11) is 0. The minimum atomic E-state index is 0.544. The van der Waals surface area contributed by atoms with Crippen molar-refractivity contribution in [1.82, 2.24) is 5.32 Å². The van der Waals surface area contributed by atoms with Crippen molar-refractivity contribution < 1.29 is 0 Å². The molecule has 0 amide bonds. The summed E-state index contributed by atoms with van der Waals surface area (Å²) < 4.78 is 0. The number of unbranched alkanes of at least 4 members (excludes halogenated alkanes) is 2. The molecule has 112 valence electrons. The first-order valence-corrected chi connectivity index (χ1v) is 8.44. The molecule has 0 radical (unpaired) electrons. The fourth-order valence-corrected chi connectivity index (χ4v) is 3.15. The lowest BCUT2D eigenvalue weighted by molar-refractivity contribution is 0.495. The molecule has 0 saturated heterocycles. The Kier molecular flexibility index (Phi) is 6.38. The number of anilines is 1. The summed E-state index contributed by atoms with van der Waals surface area (Å²) in [5.41, 5.74) is 2.98. The minimum Gasteiger partial charge on any atom is -0.371 e. The molecule has 0 aliphatic carbocycles. The summed E-state index contributed by atoms with van der Waals surface area (Å²) in [5, 5.41) is 3.73. The second-order valence-electron chi connectivity index (χ2n) is 5.90. The largest absolute Gasteiger partial charge is 0.371 e. The van der Waals surface area contributed by atoms with Gasteiger partial charge in [0.1, 0.15) is 0 Å². The molecule has 2 heteroatoms. The Hall–Kier alpha value is -1.02. The quantitative estimate of drug-likeness (QED) is 0.736. The van der Waals surface area contributed by atoms with Crippen LogP contribution in [0.15, 0.2) is 24.3 Å². The van der Waals surface area contributed by atoms with E-state index in [9.17, 15) is 0 Å². The van der Waals surface area contributed by atoms with Crippen LogP contribution in [0.4, 0.5) is 5.69 Å².